The summed E-state index contributed by atoms with van der Waals surface area (Å²) in [7, 11) is -3.18. The SMILES string of the molecule is O=C(NCCc1ccccc1)Nc1ccc(N2CCCS2(=O)=O)cc1. The molecule has 1 fully saturated rings. The zero-order valence-corrected chi connectivity index (χ0v) is 14.6. The van der Waals surface area contributed by atoms with E-state index in [1.165, 1.54) is 9.87 Å². The fraction of sp³-hybridized carbons (Fsp3) is 0.278. The first-order chi connectivity index (χ1) is 12.0. The Balaban J connectivity index is 1.50. The van der Waals surface area contributed by atoms with Crippen LogP contribution in [0.25, 0.3) is 0 Å². The smallest absolute Gasteiger partial charge is 0.319 e. The molecule has 2 aromatic carbocycles. The average Bonchev–Trinajstić information content (AvgIpc) is 2.96. The maximum atomic E-state index is 11.9. The summed E-state index contributed by atoms with van der Waals surface area (Å²) >= 11 is 0. The van der Waals surface area contributed by atoms with Crippen LogP contribution in [0.4, 0.5) is 16.2 Å². The maximum absolute atomic E-state index is 11.9. The molecule has 0 saturated carbocycles. The standard InChI is InChI=1S/C18H21N3O3S/c22-18(19-12-11-15-5-2-1-3-6-15)20-16-7-9-17(10-8-16)21-13-4-14-25(21,23)24/h1-3,5-10H,4,11-14H2,(H2,19,20,22). The number of nitrogens with zero attached hydrogens (tertiary/aromatic N) is 1. The van der Waals surface area contributed by atoms with E-state index in [-0.39, 0.29) is 11.8 Å². The molecule has 1 saturated heterocycles. The van der Waals surface area contributed by atoms with Crippen LogP contribution in [0.5, 0.6) is 0 Å². The molecule has 0 spiro atoms. The quantitative estimate of drug-likeness (QED) is 0.861. The van der Waals surface area contributed by atoms with Crippen LogP contribution in [-0.2, 0) is 16.4 Å². The van der Waals surface area contributed by atoms with Gasteiger partial charge in [0.05, 0.1) is 11.4 Å². The molecule has 0 radical (unpaired) electrons. The molecular weight excluding hydrogens is 338 g/mol. The normalized spacial score (nSPS) is 15.8. The third-order valence-electron chi connectivity index (χ3n) is 4.05. The summed E-state index contributed by atoms with van der Waals surface area (Å²) in [4.78, 5) is 11.9. The molecule has 0 aromatic heterocycles. The Kier molecular flexibility index (Phi) is 5.23. The van der Waals surface area contributed by atoms with Crippen molar-refractivity contribution in [1.82, 2.24) is 5.32 Å². The third-order valence-corrected chi connectivity index (χ3v) is 5.92. The molecule has 1 aliphatic heterocycles. The van der Waals surface area contributed by atoms with Crippen LogP contribution in [0.15, 0.2) is 54.6 Å². The van der Waals surface area contributed by atoms with Crippen LogP contribution in [-0.4, -0.2) is 33.3 Å². The van der Waals surface area contributed by atoms with Crippen molar-refractivity contribution in [1.29, 1.82) is 0 Å². The van der Waals surface area contributed by atoms with Gasteiger partial charge in [-0.2, -0.15) is 0 Å². The second kappa shape index (κ2) is 7.57. The summed E-state index contributed by atoms with van der Waals surface area (Å²) in [6.45, 7) is 1.05. The Morgan fingerprint density at radius 3 is 2.40 bits per heavy atom. The molecule has 1 heterocycles. The number of urea groups is 1. The minimum absolute atomic E-state index is 0.191. The number of anilines is 2. The Bertz CT molecular complexity index is 820. The second-order valence-corrected chi connectivity index (χ2v) is 7.92. The van der Waals surface area contributed by atoms with Gasteiger partial charge in [-0.05, 0) is 42.7 Å². The topological polar surface area (TPSA) is 78.5 Å². The monoisotopic (exact) mass is 359 g/mol. The maximum Gasteiger partial charge on any atom is 0.319 e. The molecule has 0 unspecified atom stereocenters. The Morgan fingerprint density at radius 2 is 1.76 bits per heavy atom. The van der Waals surface area contributed by atoms with Gasteiger partial charge in [0.25, 0.3) is 0 Å². The largest absolute Gasteiger partial charge is 0.338 e. The van der Waals surface area contributed by atoms with Gasteiger partial charge in [0.2, 0.25) is 10.0 Å². The van der Waals surface area contributed by atoms with Gasteiger partial charge < -0.3 is 10.6 Å². The van der Waals surface area contributed by atoms with Gasteiger partial charge in [0.1, 0.15) is 0 Å². The molecule has 6 nitrogen and oxygen atoms in total. The van der Waals surface area contributed by atoms with Gasteiger partial charge in [0.15, 0.2) is 0 Å². The van der Waals surface area contributed by atoms with Crippen LogP contribution in [0.2, 0.25) is 0 Å². The third kappa shape index (κ3) is 4.51. The van der Waals surface area contributed by atoms with Crippen LogP contribution >= 0.6 is 0 Å². The minimum atomic E-state index is -3.18. The van der Waals surface area contributed by atoms with E-state index in [9.17, 15) is 13.2 Å². The first-order valence-electron chi connectivity index (χ1n) is 8.24. The van der Waals surface area contributed by atoms with E-state index in [1.54, 1.807) is 24.3 Å². The number of hydrogen-bond acceptors (Lipinski definition) is 3. The molecule has 2 N–H and O–H groups in total. The predicted molar refractivity (Wildman–Crippen MR) is 99.4 cm³/mol. The van der Waals surface area contributed by atoms with Gasteiger partial charge in [-0.1, -0.05) is 30.3 Å². The van der Waals surface area contributed by atoms with Crippen LogP contribution in [0.1, 0.15) is 12.0 Å². The number of rotatable bonds is 5. The Labute approximate surface area is 147 Å². The Morgan fingerprint density at radius 1 is 1.04 bits per heavy atom. The van der Waals surface area contributed by atoms with Crippen molar-refractivity contribution in [3.8, 4) is 0 Å². The van der Waals surface area contributed by atoms with Gasteiger partial charge in [-0.3, -0.25) is 4.31 Å². The highest BCUT2D eigenvalue weighted by Crippen LogP contribution is 2.25. The van der Waals surface area contributed by atoms with Crippen LogP contribution in [0.3, 0.4) is 0 Å². The molecule has 7 heteroatoms. The van der Waals surface area contributed by atoms with Crippen molar-refractivity contribution in [2.75, 3.05) is 28.5 Å². The molecule has 2 amide bonds. The van der Waals surface area contributed by atoms with Crippen molar-refractivity contribution in [2.24, 2.45) is 0 Å². The number of benzene rings is 2. The van der Waals surface area contributed by atoms with E-state index in [4.69, 9.17) is 0 Å². The number of sulfonamides is 1. The lowest BCUT2D eigenvalue weighted by Crippen LogP contribution is -2.30. The fourth-order valence-corrected chi connectivity index (χ4v) is 4.35. The zero-order chi connectivity index (χ0) is 17.7. The lowest BCUT2D eigenvalue weighted by molar-refractivity contribution is 0.252. The fourth-order valence-electron chi connectivity index (χ4n) is 2.78. The van der Waals surface area contributed by atoms with E-state index in [0.717, 1.165) is 6.42 Å². The molecule has 0 atom stereocenters. The number of carbonyl (C=O) groups excluding carboxylic acids is 1. The molecule has 132 valence electrons. The van der Waals surface area contributed by atoms with Crippen molar-refractivity contribution in [3.05, 3.63) is 60.2 Å². The molecule has 3 rings (SSSR count). The first-order valence-corrected chi connectivity index (χ1v) is 9.85. The highest BCUT2D eigenvalue weighted by atomic mass is 32.2. The summed E-state index contributed by atoms with van der Waals surface area (Å²) in [6, 6.07) is 16.5. The van der Waals surface area contributed by atoms with Crippen molar-refractivity contribution >= 4 is 27.4 Å². The first kappa shape index (κ1) is 17.3. The summed E-state index contributed by atoms with van der Waals surface area (Å²) in [5.41, 5.74) is 2.42. The zero-order valence-electron chi connectivity index (χ0n) is 13.8. The van der Waals surface area contributed by atoms with E-state index in [2.05, 4.69) is 10.6 Å². The summed E-state index contributed by atoms with van der Waals surface area (Å²) in [5.74, 6) is 0.191. The van der Waals surface area contributed by atoms with Crippen molar-refractivity contribution in [3.63, 3.8) is 0 Å². The van der Waals surface area contributed by atoms with Crippen molar-refractivity contribution < 1.29 is 13.2 Å². The van der Waals surface area contributed by atoms with Crippen molar-refractivity contribution in [2.45, 2.75) is 12.8 Å². The highest BCUT2D eigenvalue weighted by molar-refractivity contribution is 7.93. The van der Waals surface area contributed by atoms with E-state index < -0.39 is 10.0 Å². The predicted octanol–water partition coefficient (Wildman–Crippen LogP) is 2.59. The number of amides is 2. The number of hydrogen-bond donors (Lipinski definition) is 2. The van der Waals surface area contributed by atoms with Gasteiger partial charge in [-0.15, -0.1) is 0 Å². The lowest BCUT2D eigenvalue weighted by atomic mass is 10.1. The summed E-state index contributed by atoms with van der Waals surface area (Å²) in [5, 5.41) is 5.55. The minimum Gasteiger partial charge on any atom is -0.338 e. The molecular formula is C18H21N3O3S. The molecule has 0 bridgehead atoms. The lowest BCUT2D eigenvalue weighted by Gasteiger charge is -2.17. The average molecular weight is 359 g/mol. The van der Waals surface area contributed by atoms with Gasteiger partial charge in [0, 0.05) is 18.8 Å². The summed E-state index contributed by atoms with van der Waals surface area (Å²) in [6.07, 6.45) is 1.41. The summed E-state index contributed by atoms with van der Waals surface area (Å²) < 4.78 is 25.2. The van der Waals surface area contributed by atoms with E-state index in [1.807, 2.05) is 30.3 Å². The molecule has 1 aliphatic rings. The van der Waals surface area contributed by atoms with Gasteiger partial charge >= 0.3 is 6.03 Å². The Hall–Kier alpha value is -2.54. The second-order valence-electron chi connectivity index (χ2n) is 5.91. The molecule has 2 aromatic rings. The van der Waals surface area contributed by atoms with Crippen LogP contribution in [0, 0.1) is 0 Å². The molecule has 0 aliphatic carbocycles. The number of carbonyl (C=O) groups is 1. The molecule has 25 heavy (non-hydrogen) atoms. The van der Waals surface area contributed by atoms with E-state index in [0.29, 0.717) is 30.9 Å². The van der Waals surface area contributed by atoms with Crippen LogP contribution < -0.4 is 14.9 Å². The highest BCUT2D eigenvalue weighted by Gasteiger charge is 2.28. The number of nitrogens with one attached hydrogen (secondary N) is 2. The van der Waals surface area contributed by atoms with Gasteiger partial charge in [-0.25, -0.2) is 13.2 Å². The van der Waals surface area contributed by atoms with E-state index >= 15 is 0 Å².